The zero-order valence-corrected chi connectivity index (χ0v) is 14.0. The van der Waals surface area contributed by atoms with Crippen molar-refractivity contribution in [1.82, 2.24) is 15.0 Å². The Labute approximate surface area is 140 Å². The molecule has 3 rings (SSSR count). The Morgan fingerprint density at radius 1 is 1.29 bits per heavy atom. The van der Waals surface area contributed by atoms with Gasteiger partial charge >= 0.3 is 5.97 Å². The molecule has 0 radical (unpaired) electrons. The monoisotopic (exact) mass is 328 g/mol. The summed E-state index contributed by atoms with van der Waals surface area (Å²) in [5.41, 5.74) is 2.37. The Morgan fingerprint density at radius 2 is 2.12 bits per heavy atom. The van der Waals surface area contributed by atoms with Crippen LogP contribution in [-0.4, -0.2) is 40.7 Å². The number of nitrogens with zero attached hydrogens (tertiary/aromatic N) is 4. The van der Waals surface area contributed by atoms with E-state index in [-0.39, 0.29) is 12.1 Å². The Kier molecular flexibility index (Phi) is 4.59. The fraction of sp³-hybridized carbons (Fsp3) is 0.412. The Morgan fingerprint density at radius 3 is 2.88 bits per heavy atom. The first-order valence-electron chi connectivity index (χ1n) is 7.87. The number of fused-ring (bicyclic) bond motifs is 1. The van der Waals surface area contributed by atoms with Crippen molar-refractivity contribution in [2.24, 2.45) is 0 Å². The van der Waals surface area contributed by atoms with E-state index in [0.29, 0.717) is 30.4 Å². The fourth-order valence-electron chi connectivity index (χ4n) is 2.76. The molecule has 0 amide bonds. The second-order valence-corrected chi connectivity index (χ2v) is 5.81. The van der Waals surface area contributed by atoms with Crippen LogP contribution in [0.3, 0.4) is 0 Å². The van der Waals surface area contributed by atoms with E-state index in [1.165, 1.54) is 6.33 Å². The van der Waals surface area contributed by atoms with Crippen LogP contribution in [0.1, 0.15) is 35.5 Å². The predicted octanol–water partition coefficient (Wildman–Crippen LogP) is 2.01. The summed E-state index contributed by atoms with van der Waals surface area (Å²) >= 11 is 0. The summed E-state index contributed by atoms with van der Waals surface area (Å²) in [7, 11) is 1.59. The van der Waals surface area contributed by atoms with Gasteiger partial charge in [0.1, 0.15) is 17.7 Å². The summed E-state index contributed by atoms with van der Waals surface area (Å²) in [6.07, 6.45) is 3.75. The standard InChI is InChI=1S/C17H20N4O3/c1-11(2)24-17(22)12-5-4-7-18-15(12)21-8-6-14-13(9-21)16(23-3)20-10-19-14/h4-5,7,10-11H,6,8-9H2,1-3H3. The van der Waals surface area contributed by atoms with Crippen LogP contribution in [0.25, 0.3) is 0 Å². The lowest BCUT2D eigenvalue weighted by molar-refractivity contribution is 0.0378. The average molecular weight is 328 g/mol. The second kappa shape index (κ2) is 6.82. The normalized spacial score (nSPS) is 13.6. The molecule has 7 heteroatoms. The van der Waals surface area contributed by atoms with Crippen molar-refractivity contribution in [2.45, 2.75) is 32.9 Å². The summed E-state index contributed by atoms with van der Waals surface area (Å²) in [4.78, 5) is 27.3. The van der Waals surface area contributed by atoms with Gasteiger partial charge in [-0.3, -0.25) is 0 Å². The molecule has 0 aromatic carbocycles. The number of carbonyl (C=O) groups excluding carboxylic acids is 1. The van der Waals surface area contributed by atoms with Crippen LogP contribution < -0.4 is 9.64 Å². The molecule has 0 atom stereocenters. The lowest BCUT2D eigenvalue weighted by Crippen LogP contribution is -2.33. The third-order valence-corrected chi connectivity index (χ3v) is 3.80. The molecule has 0 spiro atoms. The number of ether oxygens (including phenoxy) is 2. The van der Waals surface area contributed by atoms with Gasteiger partial charge in [0.2, 0.25) is 5.88 Å². The maximum Gasteiger partial charge on any atom is 0.342 e. The molecule has 2 aromatic rings. The summed E-state index contributed by atoms with van der Waals surface area (Å²) in [5, 5.41) is 0. The van der Waals surface area contributed by atoms with Crippen LogP contribution in [0.15, 0.2) is 24.7 Å². The highest BCUT2D eigenvalue weighted by atomic mass is 16.5. The zero-order valence-electron chi connectivity index (χ0n) is 14.0. The van der Waals surface area contributed by atoms with Gasteiger partial charge in [-0.1, -0.05) is 0 Å². The number of carbonyl (C=O) groups is 1. The SMILES string of the molecule is COc1ncnc2c1CN(c1ncccc1C(=O)OC(C)C)CC2. The molecule has 126 valence electrons. The number of hydrogen-bond acceptors (Lipinski definition) is 7. The molecular formula is C17H20N4O3. The lowest BCUT2D eigenvalue weighted by Gasteiger charge is -2.30. The molecule has 24 heavy (non-hydrogen) atoms. The van der Waals surface area contributed by atoms with Crippen LogP contribution >= 0.6 is 0 Å². The van der Waals surface area contributed by atoms with E-state index < -0.39 is 0 Å². The fourth-order valence-corrected chi connectivity index (χ4v) is 2.76. The van der Waals surface area contributed by atoms with Gasteiger partial charge in [0.05, 0.1) is 31.0 Å². The molecule has 7 nitrogen and oxygen atoms in total. The molecule has 0 bridgehead atoms. The first-order chi connectivity index (χ1) is 11.6. The van der Waals surface area contributed by atoms with Crippen molar-refractivity contribution < 1.29 is 14.3 Å². The summed E-state index contributed by atoms with van der Waals surface area (Å²) in [5.74, 6) is 0.807. The van der Waals surface area contributed by atoms with Crippen molar-refractivity contribution in [3.63, 3.8) is 0 Å². The first kappa shape index (κ1) is 16.2. The van der Waals surface area contributed by atoms with Gasteiger partial charge in [-0.05, 0) is 26.0 Å². The van der Waals surface area contributed by atoms with Crippen LogP contribution in [-0.2, 0) is 17.7 Å². The molecule has 2 aromatic heterocycles. The minimum absolute atomic E-state index is 0.180. The van der Waals surface area contributed by atoms with Crippen LogP contribution in [0.2, 0.25) is 0 Å². The molecule has 0 fully saturated rings. The number of aromatic nitrogens is 3. The van der Waals surface area contributed by atoms with E-state index in [1.807, 2.05) is 18.7 Å². The number of esters is 1. The molecule has 0 saturated carbocycles. The number of methoxy groups -OCH3 is 1. The third kappa shape index (κ3) is 3.15. The summed E-state index contributed by atoms with van der Waals surface area (Å²) in [6, 6.07) is 3.48. The summed E-state index contributed by atoms with van der Waals surface area (Å²) < 4.78 is 10.7. The largest absolute Gasteiger partial charge is 0.481 e. The van der Waals surface area contributed by atoms with Gasteiger partial charge in [0.25, 0.3) is 0 Å². The van der Waals surface area contributed by atoms with Crippen molar-refractivity contribution >= 4 is 11.8 Å². The topological polar surface area (TPSA) is 77.4 Å². The minimum Gasteiger partial charge on any atom is -0.481 e. The minimum atomic E-state index is -0.366. The van der Waals surface area contributed by atoms with Crippen molar-refractivity contribution in [3.05, 3.63) is 41.5 Å². The number of hydrogen-bond donors (Lipinski definition) is 0. The first-order valence-corrected chi connectivity index (χ1v) is 7.87. The summed E-state index contributed by atoms with van der Waals surface area (Å²) in [6.45, 7) is 4.91. The molecule has 0 unspecified atom stereocenters. The zero-order chi connectivity index (χ0) is 17.1. The van der Waals surface area contributed by atoms with Gasteiger partial charge in [-0.2, -0.15) is 0 Å². The van der Waals surface area contributed by atoms with Crippen molar-refractivity contribution in [2.75, 3.05) is 18.6 Å². The number of rotatable bonds is 4. The van der Waals surface area contributed by atoms with Crippen LogP contribution in [0.4, 0.5) is 5.82 Å². The van der Waals surface area contributed by atoms with Crippen molar-refractivity contribution in [1.29, 1.82) is 0 Å². The van der Waals surface area contributed by atoms with Crippen LogP contribution in [0.5, 0.6) is 5.88 Å². The van der Waals surface area contributed by atoms with Gasteiger partial charge in [-0.15, -0.1) is 0 Å². The molecule has 0 aliphatic carbocycles. The van der Waals surface area contributed by atoms with E-state index in [0.717, 1.165) is 17.7 Å². The predicted molar refractivity (Wildman–Crippen MR) is 88.1 cm³/mol. The highest BCUT2D eigenvalue weighted by molar-refractivity contribution is 5.94. The Bertz CT molecular complexity index is 734. The van der Waals surface area contributed by atoms with E-state index >= 15 is 0 Å². The highest BCUT2D eigenvalue weighted by Gasteiger charge is 2.26. The molecule has 3 heterocycles. The molecular weight excluding hydrogens is 308 g/mol. The number of anilines is 1. The van der Waals surface area contributed by atoms with Gasteiger partial charge in [0, 0.05) is 19.2 Å². The quantitative estimate of drug-likeness (QED) is 0.794. The van der Waals surface area contributed by atoms with E-state index in [4.69, 9.17) is 9.47 Å². The van der Waals surface area contributed by atoms with Crippen molar-refractivity contribution in [3.8, 4) is 5.88 Å². The maximum atomic E-state index is 12.3. The average Bonchev–Trinajstić information content (AvgIpc) is 2.60. The van der Waals surface area contributed by atoms with Crippen LogP contribution in [0, 0.1) is 0 Å². The molecule has 1 aliphatic rings. The van der Waals surface area contributed by atoms with E-state index in [1.54, 1.807) is 25.4 Å². The highest BCUT2D eigenvalue weighted by Crippen LogP contribution is 2.29. The van der Waals surface area contributed by atoms with Gasteiger partial charge in [0.15, 0.2) is 0 Å². The maximum absolute atomic E-state index is 12.3. The lowest BCUT2D eigenvalue weighted by atomic mass is 10.1. The van der Waals surface area contributed by atoms with Gasteiger partial charge < -0.3 is 14.4 Å². The second-order valence-electron chi connectivity index (χ2n) is 5.81. The Balaban J connectivity index is 1.92. The van der Waals surface area contributed by atoms with Gasteiger partial charge in [-0.25, -0.2) is 19.7 Å². The molecule has 1 aliphatic heterocycles. The van der Waals surface area contributed by atoms with E-state index in [9.17, 15) is 4.79 Å². The smallest absolute Gasteiger partial charge is 0.342 e. The Hall–Kier alpha value is -2.70. The molecule has 0 N–H and O–H groups in total. The third-order valence-electron chi connectivity index (χ3n) is 3.80. The van der Waals surface area contributed by atoms with E-state index in [2.05, 4.69) is 15.0 Å². The number of pyridine rings is 1. The molecule has 0 saturated heterocycles.